The third-order valence-electron chi connectivity index (χ3n) is 5.34. The lowest BCUT2D eigenvalue weighted by atomic mass is 10.1. The summed E-state index contributed by atoms with van der Waals surface area (Å²) >= 11 is 0. The van der Waals surface area contributed by atoms with Gasteiger partial charge >= 0.3 is 6.18 Å². The van der Waals surface area contributed by atoms with Crippen LogP contribution < -0.4 is 5.32 Å². The Labute approximate surface area is 172 Å². The van der Waals surface area contributed by atoms with Crippen molar-refractivity contribution < 1.29 is 22.8 Å². The molecule has 0 unspecified atom stereocenters. The van der Waals surface area contributed by atoms with Crippen molar-refractivity contribution in [2.75, 3.05) is 0 Å². The number of aryl methyl sites for hydroxylation is 1. The molecule has 2 aromatic rings. The van der Waals surface area contributed by atoms with Crippen LogP contribution in [0.25, 0.3) is 0 Å². The van der Waals surface area contributed by atoms with Gasteiger partial charge in [0.25, 0.3) is 11.8 Å². The molecule has 0 saturated heterocycles. The monoisotopic (exact) mass is 417 g/mol. The molecular formula is C22H22F3N3O2. The molecule has 2 amide bonds. The highest BCUT2D eigenvalue weighted by Crippen LogP contribution is 2.32. The van der Waals surface area contributed by atoms with Gasteiger partial charge < -0.3 is 10.2 Å². The predicted molar refractivity (Wildman–Crippen MR) is 104 cm³/mol. The number of carbonyl (C=O) groups is 2. The zero-order valence-corrected chi connectivity index (χ0v) is 16.5. The molecule has 158 valence electrons. The average molecular weight is 417 g/mol. The maximum atomic E-state index is 13.1. The van der Waals surface area contributed by atoms with Gasteiger partial charge in [-0.3, -0.25) is 9.59 Å². The topological polar surface area (TPSA) is 62.3 Å². The van der Waals surface area contributed by atoms with Crippen LogP contribution in [0.15, 0.2) is 36.4 Å². The van der Waals surface area contributed by atoms with Gasteiger partial charge in [0.05, 0.1) is 11.3 Å². The number of halogens is 3. The van der Waals surface area contributed by atoms with Crippen LogP contribution in [0.5, 0.6) is 0 Å². The molecular weight excluding hydrogens is 395 g/mol. The van der Waals surface area contributed by atoms with E-state index in [1.807, 2.05) is 12.1 Å². The van der Waals surface area contributed by atoms with E-state index in [4.69, 9.17) is 0 Å². The summed E-state index contributed by atoms with van der Waals surface area (Å²) in [5, 5.41) is 2.93. The number of aromatic nitrogens is 1. The molecule has 1 heterocycles. The summed E-state index contributed by atoms with van der Waals surface area (Å²) in [5.41, 5.74) is 0.658. The van der Waals surface area contributed by atoms with E-state index in [1.54, 1.807) is 17.0 Å². The van der Waals surface area contributed by atoms with Crippen molar-refractivity contribution in [2.45, 2.75) is 57.4 Å². The van der Waals surface area contributed by atoms with E-state index in [9.17, 15) is 22.8 Å². The van der Waals surface area contributed by atoms with Crippen molar-refractivity contribution in [1.82, 2.24) is 15.2 Å². The second kappa shape index (κ2) is 7.74. The Balaban J connectivity index is 1.49. The first-order chi connectivity index (χ1) is 14.2. The van der Waals surface area contributed by atoms with Crippen LogP contribution in [0.2, 0.25) is 0 Å². The maximum absolute atomic E-state index is 13.1. The molecule has 1 aromatic heterocycles. The van der Waals surface area contributed by atoms with E-state index in [0.29, 0.717) is 12.1 Å². The number of nitrogens with one attached hydrogen (secondary N) is 1. The van der Waals surface area contributed by atoms with Crippen LogP contribution in [-0.2, 0) is 12.7 Å². The number of benzene rings is 1. The third kappa shape index (κ3) is 4.63. The van der Waals surface area contributed by atoms with Gasteiger partial charge in [-0.05, 0) is 62.4 Å². The van der Waals surface area contributed by atoms with Crippen LogP contribution in [0.1, 0.15) is 63.4 Å². The number of nitrogens with zero attached hydrogens (tertiary/aromatic N) is 2. The summed E-state index contributed by atoms with van der Waals surface area (Å²) in [4.78, 5) is 30.4. The normalized spacial score (nSPS) is 16.3. The van der Waals surface area contributed by atoms with Gasteiger partial charge in [0.2, 0.25) is 0 Å². The van der Waals surface area contributed by atoms with Crippen molar-refractivity contribution in [1.29, 1.82) is 0 Å². The van der Waals surface area contributed by atoms with Gasteiger partial charge in [0.15, 0.2) is 0 Å². The van der Waals surface area contributed by atoms with E-state index in [-0.39, 0.29) is 35.2 Å². The second-order valence-corrected chi connectivity index (χ2v) is 7.94. The molecule has 0 aliphatic heterocycles. The number of amides is 2. The van der Waals surface area contributed by atoms with E-state index in [2.05, 4.69) is 10.3 Å². The minimum atomic E-state index is -4.55. The molecule has 1 aromatic carbocycles. The highest BCUT2D eigenvalue weighted by Gasteiger charge is 2.36. The number of hydrogen-bond acceptors (Lipinski definition) is 3. The van der Waals surface area contributed by atoms with Gasteiger partial charge in [-0.1, -0.05) is 12.1 Å². The first-order valence-corrected chi connectivity index (χ1v) is 9.98. The molecule has 5 nitrogen and oxygen atoms in total. The minimum absolute atomic E-state index is 0.0626. The van der Waals surface area contributed by atoms with Gasteiger partial charge in [-0.15, -0.1) is 0 Å². The van der Waals surface area contributed by atoms with Crippen molar-refractivity contribution in [3.8, 4) is 0 Å². The van der Waals surface area contributed by atoms with Crippen molar-refractivity contribution in [3.05, 3.63) is 64.5 Å². The van der Waals surface area contributed by atoms with E-state index in [0.717, 1.165) is 37.3 Å². The van der Waals surface area contributed by atoms with E-state index < -0.39 is 11.9 Å². The standard InChI is InChI=1S/C22H22F3N3O2/c1-13-18(10-11-19(26-13)22(23,24)25)21(30)28(17-8-9-17)12-14-2-4-15(5-3-14)20(29)27-16-6-7-16/h2-5,10-11,16-17H,6-9,12H2,1H3,(H,27,29). The van der Waals surface area contributed by atoms with Crippen LogP contribution in [0.4, 0.5) is 13.2 Å². The number of carbonyl (C=O) groups excluding carboxylic acids is 2. The molecule has 0 spiro atoms. The zero-order chi connectivity index (χ0) is 21.5. The van der Waals surface area contributed by atoms with Gasteiger partial charge in [0.1, 0.15) is 5.69 Å². The fourth-order valence-electron chi connectivity index (χ4n) is 3.31. The lowest BCUT2D eigenvalue weighted by Gasteiger charge is -2.23. The molecule has 0 atom stereocenters. The molecule has 1 N–H and O–H groups in total. The van der Waals surface area contributed by atoms with E-state index >= 15 is 0 Å². The third-order valence-corrected chi connectivity index (χ3v) is 5.34. The Morgan fingerprint density at radius 3 is 2.27 bits per heavy atom. The summed E-state index contributed by atoms with van der Waals surface area (Å²) in [5.74, 6) is -0.433. The second-order valence-electron chi connectivity index (χ2n) is 7.94. The summed E-state index contributed by atoms with van der Waals surface area (Å²) < 4.78 is 38.6. The highest BCUT2D eigenvalue weighted by molar-refractivity contribution is 5.96. The SMILES string of the molecule is Cc1nc(C(F)(F)F)ccc1C(=O)N(Cc1ccc(C(=O)NC2CC2)cc1)C1CC1. The summed E-state index contributed by atoms with van der Waals surface area (Å²) in [6, 6.07) is 9.47. The minimum Gasteiger partial charge on any atom is -0.349 e. The Morgan fingerprint density at radius 1 is 1.07 bits per heavy atom. The fourth-order valence-corrected chi connectivity index (χ4v) is 3.31. The Kier molecular flexibility index (Phi) is 5.26. The van der Waals surface area contributed by atoms with Crippen molar-refractivity contribution >= 4 is 11.8 Å². The van der Waals surface area contributed by atoms with Gasteiger partial charge in [-0.2, -0.15) is 13.2 Å². The van der Waals surface area contributed by atoms with Crippen LogP contribution in [-0.4, -0.2) is 33.8 Å². The Morgan fingerprint density at radius 2 is 1.73 bits per heavy atom. The molecule has 2 saturated carbocycles. The van der Waals surface area contributed by atoms with Crippen LogP contribution in [0.3, 0.4) is 0 Å². The summed E-state index contributed by atoms with van der Waals surface area (Å²) in [6.07, 6.45) is -0.793. The Bertz CT molecular complexity index is 965. The smallest absolute Gasteiger partial charge is 0.349 e. The van der Waals surface area contributed by atoms with Gasteiger partial charge in [0, 0.05) is 24.2 Å². The highest BCUT2D eigenvalue weighted by atomic mass is 19.4. The van der Waals surface area contributed by atoms with Crippen molar-refractivity contribution in [3.63, 3.8) is 0 Å². The molecule has 2 aliphatic carbocycles. The summed E-state index contributed by atoms with van der Waals surface area (Å²) in [6.45, 7) is 1.75. The lowest BCUT2D eigenvalue weighted by Crippen LogP contribution is -2.33. The molecule has 0 bridgehead atoms. The van der Waals surface area contributed by atoms with E-state index in [1.165, 1.54) is 13.0 Å². The molecule has 2 aliphatic rings. The summed E-state index contributed by atoms with van der Waals surface area (Å²) in [7, 11) is 0. The molecule has 8 heteroatoms. The first kappa shape index (κ1) is 20.4. The maximum Gasteiger partial charge on any atom is 0.433 e. The molecule has 0 radical (unpaired) electrons. The Hall–Kier alpha value is -2.90. The number of pyridine rings is 1. The predicted octanol–water partition coefficient (Wildman–Crippen LogP) is 4.11. The lowest BCUT2D eigenvalue weighted by molar-refractivity contribution is -0.141. The molecule has 4 rings (SSSR count). The van der Waals surface area contributed by atoms with Crippen molar-refractivity contribution in [2.24, 2.45) is 0 Å². The fraction of sp³-hybridized carbons (Fsp3) is 0.409. The quantitative estimate of drug-likeness (QED) is 0.770. The number of hydrogen-bond donors (Lipinski definition) is 1. The number of alkyl halides is 3. The molecule has 2 fully saturated rings. The molecule has 30 heavy (non-hydrogen) atoms. The number of rotatable bonds is 6. The first-order valence-electron chi connectivity index (χ1n) is 9.98. The van der Waals surface area contributed by atoms with Gasteiger partial charge in [-0.25, -0.2) is 4.98 Å². The largest absolute Gasteiger partial charge is 0.433 e. The van der Waals surface area contributed by atoms with Crippen LogP contribution in [0, 0.1) is 6.92 Å². The average Bonchev–Trinajstić information content (AvgIpc) is 3.60. The van der Waals surface area contributed by atoms with Crippen LogP contribution >= 0.6 is 0 Å². The zero-order valence-electron chi connectivity index (χ0n) is 16.5.